The monoisotopic (exact) mass is 583 g/mol. The number of amides is 1. The molecular weight excluding hydrogens is 545 g/mol. The molecular formula is C38H38N3OP. The summed E-state index contributed by atoms with van der Waals surface area (Å²) in [6.07, 6.45) is 5.50. The fourth-order valence-corrected chi connectivity index (χ4v) is 9.87. The average Bonchev–Trinajstić information content (AvgIpc) is 3.08. The predicted octanol–water partition coefficient (Wildman–Crippen LogP) is 6.58. The number of nitrogens with zero attached hydrogens (tertiary/aromatic N) is 2. The Kier molecular flexibility index (Phi) is 8.06. The van der Waals surface area contributed by atoms with E-state index in [1.165, 1.54) is 23.5 Å². The highest BCUT2D eigenvalue weighted by Crippen LogP contribution is 2.43. The van der Waals surface area contributed by atoms with E-state index in [1.54, 1.807) is 0 Å². The van der Waals surface area contributed by atoms with Gasteiger partial charge in [-0.3, -0.25) is 14.7 Å². The molecule has 8 rings (SSSR count). The topological polar surface area (TPSA) is 45.2 Å². The van der Waals surface area contributed by atoms with Crippen LogP contribution in [0.2, 0.25) is 0 Å². The van der Waals surface area contributed by atoms with Crippen LogP contribution in [-0.2, 0) is 0 Å². The molecule has 1 N–H and O–H groups in total. The Balaban J connectivity index is 1.30. The maximum absolute atomic E-state index is 14.6. The number of pyridine rings is 1. The Morgan fingerprint density at radius 1 is 0.884 bits per heavy atom. The van der Waals surface area contributed by atoms with Crippen LogP contribution in [0.25, 0.3) is 10.9 Å². The van der Waals surface area contributed by atoms with Gasteiger partial charge in [0.1, 0.15) is 0 Å². The summed E-state index contributed by atoms with van der Waals surface area (Å²) < 4.78 is 0. The number of para-hydroxylation sites is 1. The van der Waals surface area contributed by atoms with Crippen LogP contribution in [0.1, 0.15) is 48.1 Å². The molecule has 5 atom stereocenters. The summed E-state index contributed by atoms with van der Waals surface area (Å²) in [7, 11) is -0.916. The highest BCUT2D eigenvalue weighted by molar-refractivity contribution is 7.80. The van der Waals surface area contributed by atoms with Gasteiger partial charge in [-0.1, -0.05) is 110 Å². The number of piperidine rings is 3. The summed E-state index contributed by atoms with van der Waals surface area (Å²) in [6, 6.07) is 40.1. The fourth-order valence-electron chi connectivity index (χ4n) is 7.42. The minimum absolute atomic E-state index is 0.00413. The maximum Gasteiger partial charge on any atom is 0.252 e. The summed E-state index contributed by atoms with van der Waals surface area (Å²) in [5.74, 6) is 1.45. The van der Waals surface area contributed by atoms with Gasteiger partial charge >= 0.3 is 0 Å². The first-order chi connectivity index (χ1) is 21.2. The Hall–Kier alpha value is -3.85. The molecule has 43 heavy (non-hydrogen) atoms. The number of hydrogen-bond donors (Lipinski definition) is 1. The van der Waals surface area contributed by atoms with Crippen molar-refractivity contribution in [3.05, 3.63) is 133 Å². The van der Waals surface area contributed by atoms with E-state index in [1.807, 2.05) is 24.4 Å². The van der Waals surface area contributed by atoms with Gasteiger partial charge in [-0.2, -0.15) is 0 Å². The quantitative estimate of drug-likeness (QED) is 0.210. The van der Waals surface area contributed by atoms with Gasteiger partial charge in [0.05, 0.1) is 11.6 Å². The van der Waals surface area contributed by atoms with E-state index in [-0.39, 0.29) is 18.0 Å². The third kappa shape index (κ3) is 5.51. The Morgan fingerprint density at radius 3 is 2.26 bits per heavy atom. The molecule has 0 saturated carbocycles. The zero-order valence-corrected chi connectivity index (χ0v) is 25.5. The molecule has 0 spiro atoms. The molecule has 1 amide bonds. The lowest BCUT2D eigenvalue weighted by Gasteiger charge is -2.52. The first-order valence-electron chi connectivity index (χ1n) is 15.6. The summed E-state index contributed by atoms with van der Waals surface area (Å²) in [5, 5.41) is 8.31. The second kappa shape index (κ2) is 12.4. The molecule has 3 saturated heterocycles. The molecule has 4 nitrogen and oxygen atoms in total. The second-order valence-electron chi connectivity index (χ2n) is 11.9. The minimum atomic E-state index is -0.916. The van der Waals surface area contributed by atoms with Crippen molar-refractivity contribution in [2.24, 2.45) is 11.8 Å². The van der Waals surface area contributed by atoms with Crippen molar-refractivity contribution in [1.29, 1.82) is 0 Å². The molecule has 3 aliphatic heterocycles. The summed E-state index contributed by atoms with van der Waals surface area (Å²) in [4.78, 5) is 21.9. The lowest BCUT2D eigenvalue weighted by molar-refractivity contribution is -0.0152. The number of carbonyl (C=O) groups is 1. The van der Waals surface area contributed by atoms with E-state index in [0.29, 0.717) is 5.92 Å². The Morgan fingerprint density at radius 2 is 1.56 bits per heavy atom. The van der Waals surface area contributed by atoms with E-state index in [9.17, 15) is 4.79 Å². The number of benzene rings is 4. The molecule has 5 aromatic rings. The second-order valence-corrected chi connectivity index (χ2v) is 14.1. The minimum Gasteiger partial charge on any atom is -0.344 e. The molecule has 1 unspecified atom stereocenters. The normalized spacial score (nSPS) is 22.0. The number of fused-ring (bicyclic) bond motifs is 4. The van der Waals surface area contributed by atoms with Crippen molar-refractivity contribution >= 4 is 40.6 Å². The standard InChI is InChI=1S/C38H38N3OP/c1-2-27-26-41-24-22-28(27)25-35(41)37(32-21-23-39-34-19-11-9-17-31(32)34)40-38(42)33-18-10-12-20-36(33)43(29-13-5-3-6-14-29)30-15-7-4-8-16-30/h3-21,23,27-28,35,37H,2,22,24-26H2,1H3,(H,40,42)/t27-,28-,35+,37+/m0/s1. The van der Waals surface area contributed by atoms with Crippen molar-refractivity contribution in [3.8, 4) is 0 Å². The van der Waals surface area contributed by atoms with Crippen LogP contribution < -0.4 is 21.2 Å². The van der Waals surface area contributed by atoms with Crippen LogP contribution in [0.5, 0.6) is 0 Å². The first kappa shape index (κ1) is 28.0. The molecule has 2 bridgehead atoms. The lowest BCUT2D eigenvalue weighted by atomic mass is 9.72. The van der Waals surface area contributed by atoms with Gasteiger partial charge < -0.3 is 5.32 Å². The average molecular weight is 584 g/mol. The van der Waals surface area contributed by atoms with Gasteiger partial charge in [0.25, 0.3) is 5.91 Å². The number of rotatable bonds is 8. The van der Waals surface area contributed by atoms with Gasteiger partial charge in [0.2, 0.25) is 0 Å². The molecule has 0 aliphatic carbocycles. The van der Waals surface area contributed by atoms with Crippen molar-refractivity contribution in [2.75, 3.05) is 13.1 Å². The van der Waals surface area contributed by atoms with Crippen LogP contribution in [0, 0.1) is 11.8 Å². The van der Waals surface area contributed by atoms with Crippen LogP contribution in [0.4, 0.5) is 0 Å². The highest BCUT2D eigenvalue weighted by atomic mass is 31.1. The van der Waals surface area contributed by atoms with Gasteiger partial charge in [-0.05, 0) is 78.8 Å². The van der Waals surface area contributed by atoms with Gasteiger partial charge in [0, 0.05) is 29.7 Å². The zero-order chi connectivity index (χ0) is 29.2. The van der Waals surface area contributed by atoms with Crippen LogP contribution in [0.15, 0.2) is 121 Å². The van der Waals surface area contributed by atoms with E-state index in [4.69, 9.17) is 0 Å². The maximum atomic E-state index is 14.6. The lowest BCUT2D eigenvalue weighted by Crippen LogP contribution is -2.57. The van der Waals surface area contributed by atoms with E-state index < -0.39 is 7.92 Å². The largest absolute Gasteiger partial charge is 0.344 e. The Bertz CT molecular complexity index is 1660. The van der Waals surface area contributed by atoms with E-state index >= 15 is 0 Å². The van der Waals surface area contributed by atoms with Crippen LogP contribution in [0.3, 0.4) is 0 Å². The third-order valence-corrected chi connectivity index (χ3v) is 12.1. The smallest absolute Gasteiger partial charge is 0.252 e. The number of hydrogen-bond acceptors (Lipinski definition) is 3. The van der Waals surface area contributed by atoms with Crippen LogP contribution in [-0.4, -0.2) is 34.9 Å². The molecule has 3 aliphatic rings. The van der Waals surface area contributed by atoms with Gasteiger partial charge in [-0.25, -0.2) is 0 Å². The molecule has 1 aromatic heterocycles. The fraction of sp³-hybridized carbons (Fsp3) is 0.263. The molecule has 3 fully saturated rings. The van der Waals surface area contributed by atoms with Gasteiger partial charge in [0.15, 0.2) is 0 Å². The summed E-state index contributed by atoms with van der Waals surface area (Å²) in [6.45, 7) is 4.54. The molecule has 4 heterocycles. The molecule has 216 valence electrons. The number of aromatic nitrogens is 1. The SMILES string of the molecule is CC[C@H]1CN2CC[C@H]1C[C@@H]2[C@H](NC(=O)c1ccccc1P(c1ccccc1)c1ccccc1)c1ccnc2ccccc12. The summed E-state index contributed by atoms with van der Waals surface area (Å²) >= 11 is 0. The third-order valence-electron chi connectivity index (χ3n) is 9.57. The Labute approximate surface area is 255 Å². The number of carbonyl (C=O) groups excluding carboxylic acids is 1. The van der Waals surface area contributed by atoms with Crippen LogP contribution >= 0.6 is 7.92 Å². The first-order valence-corrected chi connectivity index (χ1v) is 16.9. The number of nitrogens with one attached hydrogen (secondary N) is 1. The zero-order valence-electron chi connectivity index (χ0n) is 24.6. The van der Waals surface area contributed by atoms with E-state index in [2.05, 4.69) is 119 Å². The summed E-state index contributed by atoms with van der Waals surface area (Å²) in [5.41, 5.74) is 2.89. The molecule has 5 heteroatoms. The molecule has 4 aromatic carbocycles. The molecule has 0 radical (unpaired) electrons. The predicted molar refractivity (Wildman–Crippen MR) is 179 cm³/mol. The van der Waals surface area contributed by atoms with Crippen molar-refractivity contribution in [3.63, 3.8) is 0 Å². The van der Waals surface area contributed by atoms with Gasteiger partial charge in [-0.15, -0.1) is 0 Å². The van der Waals surface area contributed by atoms with Crippen molar-refractivity contribution in [1.82, 2.24) is 15.2 Å². The van der Waals surface area contributed by atoms with Crippen molar-refractivity contribution in [2.45, 2.75) is 38.3 Å². The highest BCUT2D eigenvalue weighted by Gasteiger charge is 2.43. The van der Waals surface area contributed by atoms with Crippen molar-refractivity contribution < 1.29 is 4.79 Å². The van der Waals surface area contributed by atoms with E-state index in [0.717, 1.165) is 52.8 Å².